The van der Waals surface area contributed by atoms with Crippen LogP contribution in [0.4, 0.5) is 4.39 Å². The number of amides is 1. The van der Waals surface area contributed by atoms with E-state index in [-0.39, 0.29) is 16.0 Å². The minimum Gasteiger partial charge on any atom is -0.414 e. The van der Waals surface area contributed by atoms with Crippen LogP contribution in [0.3, 0.4) is 0 Å². The summed E-state index contributed by atoms with van der Waals surface area (Å²) in [4.78, 5) is 11.4. The fourth-order valence-corrected chi connectivity index (χ4v) is 2.84. The van der Waals surface area contributed by atoms with E-state index in [0.29, 0.717) is 12.2 Å². The lowest BCUT2D eigenvalue weighted by Crippen LogP contribution is -2.43. The number of carbonyl (C=O) groups excluding carboxylic acids is 1. The van der Waals surface area contributed by atoms with Gasteiger partial charge in [-0.05, 0) is 35.8 Å². The van der Waals surface area contributed by atoms with Gasteiger partial charge in [-0.2, -0.15) is 0 Å². The Morgan fingerprint density at radius 1 is 1.41 bits per heavy atom. The molecule has 0 heterocycles. The molecule has 1 N–H and O–H groups in total. The van der Waals surface area contributed by atoms with Gasteiger partial charge in [0.2, 0.25) is 5.91 Å². The third-order valence-electron chi connectivity index (χ3n) is 4.14. The first-order chi connectivity index (χ1) is 9.94. The van der Waals surface area contributed by atoms with Crippen LogP contribution in [0.25, 0.3) is 0 Å². The van der Waals surface area contributed by atoms with Crippen LogP contribution in [0, 0.1) is 5.82 Å². The molecule has 0 fully saturated rings. The van der Waals surface area contributed by atoms with E-state index in [0.717, 1.165) is 0 Å². The number of halogens is 2. The van der Waals surface area contributed by atoms with Gasteiger partial charge in [0.15, 0.2) is 8.32 Å². The minimum absolute atomic E-state index is 0.0654. The molecule has 0 saturated carbocycles. The Kier molecular flexibility index (Phi) is 6.18. The van der Waals surface area contributed by atoms with Gasteiger partial charge in [0.25, 0.3) is 0 Å². The van der Waals surface area contributed by atoms with E-state index in [4.69, 9.17) is 16.0 Å². The van der Waals surface area contributed by atoms with Gasteiger partial charge in [-0.25, -0.2) is 4.39 Å². The molecule has 0 aliphatic rings. The molecule has 22 heavy (non-hydrogen) atoms. The Hall–Kier alpha value is -0.913. The highest BCUT2D eigenvalue weighted by Crippen LogP contribution is 2.37. The second-order valence-corrected chi connectivity index (χ2v) is 12.2. The summed E-state index contributed by atoms with van der Waals surface area (Å²) in [7, 11) is -1.95. The van der Waals surface area contributed by atoms with Crippen molar-refractivity contribution in [3.63, 3.8) is 0 Å². The summed E-state index contributed by atoms with van der Waals surface area (Å²) < 4.78 is 19.8. The Morgan fingerprint density at radius 2 is 2.00 bits per heavy atom. The lowest BCUT2D eigenvalue weighted by molar-refractivity contribution is -0.120. The number of benzene rings is 1. The fraction of sp³-hybridized carbons (Fsp3) is 0.562. The van der Waals surface area contributed by atoms with E-state index in [1.54, 1.807) is 6.07 Å². The Balaban J connectivity index is 2.94. The normalized spacial score (nSPS) is 13.8. The van der Waals surface area contributed by atoms with Gasteiger partial charge in [-0.1, -0.05) is 38.4 Å². The zero-order valence-corrected chi connectivity index (χ0v) is 15.8. The monoisotopic (exact) mass is 345 g/mol. The van der Waals surface area contributed by atoms with Crippen LogP contribution < -0.4 is 5.32 Å². The van der Waals surface area contributed by atoms with Crippen LogP contribution in [0.2, 0.25) is 23.2 Å². The van der Waals surface area contributed by atoms with Crippen molar-refractivity contribution in [1.82, 2.24) is 5.32 Å². The molecular formula is C16H25ClFNO2Si. The summed E-state index contributed by atoms with van der Waals surface area (Å²) in [6, 6.07) is 4.16. The molecule has 0 saturated heterocycles. The van der Waals surface area contributed by atoms with Crippen molar-refractivity contribution < 1.29 is 13.6 Å². The van der Waals surface area contributed by atoms with Crippen molar-refractivity contribution in [1.29, 1.82) is 0 Å². The highest BCUT2D eigenvalue weighted by molar-refractivity contribution is 6.74. The molecule has 0 aliphatic carbocycles. The van der Waals surface area contributed by atoms with Gasteiger partial charge in [-0.15, -0.1) is 0 Å². The molecule has 0 bridgehead atoms. The van der Waals surface area contributed by atoms with Gasteiger partial charge in [-0.3, -0.25) is 4.79 Å². The quantitative estimate of drug-likeness (QED) is 0.787. The topological polar surface area (TPSA) is 38.3 Å². The first kappa shape index (κ1) is 19.1. The second-order valence-electron chi connectivity index (χ2n) is 7.00. The standard InChI is InChI=1S/C16H25ClFNO2Si/c1-11(20)19-15(10-21-22(5,6)16(2,3)4)12-7-8-13(17)14(18)9-12/h7-9,15H,10H2,1-6H3,(H,19,20)/t15-/m1/s1. The summed E-state index contributed by atoms with van der Waals surface area (Å²) in [6.45, 7) is 12.5. The van der Waals surface area contributed by atoms with Gasteiger partial charge in [0, 0.05) is 6.92 Å². The zero-order valence-electron chi connectivity index (χ0n) is 14.1. The van der Waals surface area contributed by atoms with Crippen molar-refractivity contribution >= 4 is 25.8 Å². The van der Waals surface area contributed by atoms with E-state index in [2.05, 4.69) is 39.2 Å². The summed E-state index contributed by atoms with van der Waals surface area (Å²) >= 11 is 5.71. The van der Waals surface area contributed by atoms with E-state index in [9.17, 15) is 9.18 Å². The summed E-state index contributed by atoms with van der Waals surface area (Å²) in [5, 5.41) is 2.95. The van der Waals surface area contributed by atoms with E-state index in [1.807, 2.05) is 0 Å². The van der Waals surface area contributed by atoms with E-state index >= 15 is 0 Å². The third-order valence-corrected chi connectivity index (χ3v) is 8.95. The van der Waals surface area contributed by atoms with E-state index < -0.39 is 20.2 Å². The predicted octanol–water partition coefficient (Wildman–Crippen LogP) is 4.68. The molecule has 0 aliphatic heterocycles. The molecule has 6 heteroatoms. The second kappa shape index (κ2) is 7.11. The van der Waals surface area contributed by atoms with Crippen LogP contribution in [0.1, 0.15) is 39.3 Å². The maximum absolute atomic E-state index is 13.7. The fourth-order valence-electron chi connectivity index (χ4n) is 1.70. The average molecular weight is 346 g/mol. The number of hydrogen-bond acceptors (Lipinski definition) is 2. The number of carbonyl (C=O) groups is 1. The molecular weight excluding hydrogens is 321 g/mol. The first-order valence-electron chi connectivity index (χ1n) is 7.30. The zero-order chi connectivity index (χ0) is 17.1. The van der Waals surface area contributed by atoms with Crippen molar-refractivity contribution in [2.75, 3.05) is 6.61 Å². The van der Waals surface area contributed by atoms with Gasteiger partial charge in [0.1, 0.15) is 5.82 Å². The van der Waals surface area contributed by atoms with Gasteiger partial charge in [0.05, 0.1) is 17.7 Å². The Labute approximate surface area is 138 Å². The molecule has 124 valence electrons. The summed E-state index contributed by atoms with van der Waals surface area (Å²) in [5.41, 5.74) is 0.649. The summed E-state index contributed by atoms with van der Waals surface area (Å²) in [5.74, 6) is -0.680. The predicted molar refractivity (Wildman–Crippen MR) is 91.1 cm³/mol. The van der Waals surface area contributed by atoms with Gasteiger partial charge >= 0.3 is 0 Å². The Bertz CT molecular complexity index is 543. The van der Waals surface area contributed by atoms with E-state index in [1.165, 1.54) is 19.1 Å². The minimum atomic E-state index is -1.95. The van der Waals surface area contributed by atoms with Crippen molar-refractivity contribution in [2.24, 2.45) is 0 Å². The van der Waals surface area contributed by atoms with Crippen LogP contribution in [-0.2, 0) is 9.22 Å². The smallest absolute Gasteiger partial charge is 0.217 e. The van der Waals surface area contributed by atoms with Crippen LogP contribution in [0.5, 0.6) is 0 Å². The SMILES string of the molecule is CC(=O)N[C@H](CO[Si](C)(C)C(C)(C)C)c1ccc(Cl)c(F)c1. The molecule has 0 radical (unpaired) electrons. The molecule has 1 aromatic rings. The highest BCUT2D eigenvalue weighted by atomic mass is 35.5. The molecule has 0 unspecified atom stereocenters. The lowest BCUT2D eigenvalue weighted by atomic mass is 10.1. The lowest BCUT2D eigenvalue weighted by Gasteiger charge is -2.37. The first-order valence-corrected chi connectivity index (χ1v) is 10.6. The van der Waals surface area contributed by atoms with Crippen molar-refractivity contribution in [3.8, 4) is 0 Å². The number of hydrogen-bond donors (Lipinski definition) is 1. The Morgan fingerprint density at radius 3 is 2.45 bits per heavy atom. The molecule has 1 amide bonds. The third kappa shape index (κ3) is 5.07. The average Bonchev–Trinajstić information content (AvgIpc) is 2.36. The highest BCUT2D eigenvalue weighted by Gasteiger charge is 2.37. The van der Waals surface area contributed by atoms with Crippen molar-refractivity contribution in [2.45, 2.75) is 51.9 Å². The summed E-state index contributed by atoms with van der Waals surface area (Å²) in [6.07, 6.45) is 0. The van der Waals surface area contributed by atoms with Crippen molar-refractivity contribution in [3.05, 3.63) is 34.6 Å². The largest absolute Gasteiger partial charge is 0.414 e. The van der Waals surface area contributed by atoms with Crippen LogP contribution in [-0.4, -0.2) is 20.8 Å². The maximum atomic E-state index is 13.7. The molecule has 1 aromatic carbocycles. The molecule has 3 nitrogen and oxygen atoms in total. The van der Waals surface area contributed by atoms with Crippen LogP contribution in [0.15, 0.2) is 18.2 Å². The van der Waals surface area contributed by atoms with Crippen LogP contribution >= 0.6 is 11.6 Å². The molecule has 1 rings (SSSR count). The molecule has 1 atom stereocenters. The maximum Gasteiger partial charge on any atom is 0.217 e. The van der Waals surface area contributed by atoms with Gasteiger partial charge < -0.3 is 9.74 Å². The molecule has 0 spiro atoms. The number of nitrogens with one attached hydrogen (secondary N) is 1. The number of rotatable bonds is 5. The molecule has 0 aromatic heterocycles.